The van der Waals surface area contributed by atoms with E-state index in [2.05, 4.69) is 4.90 Å². The van der Waals surface area contributed by atoms with E-state index in [1.807, 2.05) is 47.5 Å². The molecular formula is C25H23FN4O2S2. The van der Waals surface area contributed by atoms with Gasteiger partial charge in [-0.1, -0.05) is 30.0 Å². The number of aryl methyl sites for hydroxylation is 1. The standard InChI is InChI=1S/C25H23FN4O2S2/c1-17-4-2-3-5-21(17)30-24(32)23-20(10-15-33-23)27-25(30)34-16-22(31)29-13-11-28(12-14-29)19-8-6-18(26)7-9-19/h2-10,15H,11-14,16H2,1H3. The van der Waals surface area contributed by atoms with Crippen molar-refractivity contribution in [2.75, 3.05) is 36.8 Å². The summed E-state index contributed by atoms with van der Waals surface area (Å²) in [4.78, 5) is 35.0. The van der Waals surface area contributed by atoms with Crippen LogP contribution in [0.3, 0.4) is 0 Å². The molecule has 0 bridgehead atoms. The fourth-order valence-electron chi connectivity index (χ4n) is 4.10. The van der Waals surface area contributed by atoms with E-state index in [1.165, 1.54) is 35.2 Å². The van der Waals surface area contributed by atoms with Crippen molar-refractivity contribution in [3.63, 3.8) is 0 Å². The van der Waals surface area contributed by atoms with Gasteiger partial charge in [0, 0.05) is 31.9 Å². The van der Waals surface area contributed by atoms with Crippen molar-refractivity contribution in [3.8, 4) is 5.69 Å². The van der Waals surface area contributed by atoms with Gasteiger partial charge in [0.15, 0.2) is 5.16 Å². The number of fused-ring (bicyclic) bond motifs is 1. The number of benzene rings is 2. The molecule has 0 saturated carbocycles. The Bertz CT molecular complexity index is 1390. The second kappa shape index (κ2) is 9.60. The first-order chi connectivity index (χ1) is 16.5. The molecule has 1 amide bonds. The Kier molecular flexibility index (Phi) is 6.38. The summed E-state index contributed by atoms with van der Waals surface area (Å²) in [5.41, 5.74) is 3.24. The highest BCUT2D eigenvalue weighted by Crippen LogP contribution is 2.25. The lowest BCUT2D eigenvalue weighted by Gasteiger charge is -2.36. The van der Waals surface area contributed by atoms with Crippen LogP contribution in [0.25, 0.3) is 15.9 Å². The molecule has 0 spiro atoms. The van der Waals surface area contributed by atoms with Gasteiger partial charge in [-0.15, -0.1) is 11.3 Å². The topological polar surface area (TPSA) is 58.4 Å². The van der Waals surface area contributed by atoms with Crippen LogP contribution in [-0.2, 0) is 4.79 Å². The first-order valence-corrected chi connectivity index (χ1v) is 12.8. The lowest BCUT2D eigenvalue weighted by molar-refractivity contribution is -0.128. The Balaban J connectivity index is 1.32. The minimum absolute atomic E-state index is 0.0137. The van der Waals surface area contributed by atoms with Gasteiger partial charge in [0.1, 0.15) is 10.5 Å². The summed E-state index contributed by atoms with van der Waals surface area (Å²) in [6.07, 6.45) is 0. The van der Waals surface area contributed by atoms with Crippen molar-refractivity contribution >= 4 is 44.9 Å². The summed E-state index contributed by atoms with van der Waals surface area (Å²) in [7, 11) is 0. The van der Waals surface area contributed by atoms with Gasteiger partial charge in [-0.25, -0.2) is 9.37 Å². The van der Waals surface area contributed by atoms with Crippen molar-refractivity contribution in [1.82, 2.24) is 14.5 Å². The van der Waals surface area contributed by atoms with E-state index in [0.717, 1.165) is 16.9 Å². The SMILES string of the molecule is Cc1ccccc1-n1c(SCC(=O)N2CCN(c3ccc(F)cc3)CC2)nc2ccsc2c1=O. The zero-order valence-corrected chi connectivity index (χ0v) is 20.2. The number of hydrogen-bond donors (Lipinski definition) is 0. The number of thiophene rings is 1. The molecule has 2 aromatic heterocycles. The number of para-hydroxylation sites is 1. The number of carbonyl (C=O) groups excluding carboxylic acids is 1. The Morgan fingerprint density at radius 1 is 1.06 bits per heavy atom. The first kappa shape index (κ1) is 22.6. The van der Waals surface area contributed by atoms with Crippen LogP contribution in [0.1, 0.15) is 5.56 Å². The summed E-state index contributed by atoms with van der Waals surface area (Å²) >= 11 is 2.67. The summed E-state index contributed by atoms with van der Waals surface area (Å²) in [6, 6.07) is 16.0. The van der Waals surface area contributed by atoms with Gasteiger partial charge in [0.05, 0.1) is 17.0 Å². The molecule has 6 nitrogen and oxygen atoms in total. The predicted octanol–water partition coefficient (Wildman–Crippen LogP) is 4.34. The third kappa shape index (κ3) is 4.45. The molecule has 1 saturated heterocycles. The third-order valence-electron chi connectivity index (χ3n) is 5.95. The molecule has 0 aliphatic carbocycles. The molecule has 34 heavy (non-hydrogen) atoms. The van der Waals surface area contributed by atoms with Crippen molar-refractivity contribution in [2.24, 2.45) is 0 Å². The van der Waals surface area contributed by atoms with Crippen LogP contribution in [0.4, 0.5) is 10.1 Å². The lowest BCUT2D eigenvalue weighted by atomic mass is 10.2. The predicted molar refractivity (Wildman–Crippen MR) is 136 cm³/mol. The average Bonchev–Trinajstić information content (AvgIpc) is 3.33. The number of aromatic nitrogens is 2. The van der Waals surface area contributed by atoms with Gasteiger partial charge >= 0.3 is 0 Å². The van der Waals surface area contributed by atoms with Gasteiger partial charge in [-0.05, 0) is 54.3 Å². The number of carbonyl (C=O) groups is 1. The second-order valence-corrected chi connectivity index (χ2v) is 9.95. The fraction of sp³-hybridized carbons (Fsp3) is 0.240. The molecule has 2 aromatic carbocycles. The lowest BCUT2D eigenvalue weighted by Crippen LogP contribution is -2.49. The molecule has 5 rings (SSSR count). The molecule has 1 aliphatic heterocycles. The van der Waals surface area contributed by atoms with Crippen molar-refractivity contribution in [3.05, 3.63) is 81.7 Å². The molecule has 9 heteroatoms. The van der Waals surface area contributed by atoms with Gasteiger partial charge in [-0.3, -0.25) is 14.2 Å². The average molecular weight is 495 g/mol. The molecule has 1 fully saturated rings. The van der Waals surface area contributed by atoms with Crippen LogP contribution in [0, 0.1) is 12.7 Å². The van der Waals surface area contributed by atoms with Gasteiger partial charge in [0.25, 0.3) is 5.56 Å². The van der Waals surface area contributed by atoms with E-state index in [-0.39, 0.29) is 23.0 Å². The number of piperazine rings is 1. The summed E-state index contributed by atoms with van der Waals surface area (Å²) < 4.78 is 15.4. The minimum Gasteiger partial charge on any atom is -0.368 e. The first-order valence-electron chi connectivity index (χ1n) is 11.0. The Labute approximate surface area is 204 Å². The number of halogens is 1. The minimum atomic E-state index is -0.256. The maximum Gasteiger partial charge on any atom is 0.276 e. The smallest absolute Gasteiger partial charge is 0.276 e. The van der Waals surface area contributed by atoms with Gasteiger partial charge in [0.2, 0.25) is 5.91 Å². The number of amides is 1. The molecule has 0 atom stereocenters. The zero-order chi connectivity index (χ0) is 23.7. The van der Waals surface area contributed by atoms with E-state index >= 15 is 0 Å². The van der Waals surface area contributed by atoms with Crippen LogP contribution in [0.5, 0.6) is 0 Å². The van der Waals surface area contributed by atoms with Crippen molar-refractivity contribution < 1.29 is 9.18 Å². The molecule has 4 aromatic rings. The highest BCUT2D eigenvalue weighted by atomic mass is 32.2. The molecule has 0 N–H and O–H groups in total. The largest absolute Gasteiger partial charge is 0.368 e. The van der Waals surface area contributed by atoms with Gasteiger partial charge < -0.3 is 9.80 Å². The number of anilines is 1. The van der Waals surface area contributed by atoms with E-state index in [0.29, 0.717) is 41.6 Å². The summed E-state index contributed by atoms with van der Waals surface area (Å²) in [5.74, 6) is -0.0439. The van der Waals surface area contributed by atoms with Gasteiger partial charge in [-0.2, -0.15) is 0 Å². The molecule has 174 valence electrons. The van der Waals surface area contributed by atoms with E-state index in [1.54, 1.807) is 16.7 Å². The molecule has 1 aliphatic rings. The quantitative estimate of drug-likeness (QED) is 0.305. The normalized spacial score (nSPS) is 14.1. The highest BCUT2D eigenvalue weighted by Gasteiger charge is 2.23. The maximum atomic E-state index is 13.3. The monoisotopic (exact) mass is 494 g/mol. The van der Waals surface area contributed by atoms with Crippen LogP contribution in [0.2, 0.25) is 0 Å². The van der Waals surface area contributed by atoms with E-state index in [9.17, 15) is 14.0 Å². The number of thioether (sulfide) groups is 1. The maximum absolute atomic E-state index is 13.3. The Hall–Kier alpha value is -3.17. The number of hydrogen-bond acceptors (Lipinski definition) is 6. The molecule has 3 heterocycles. The zero-order valence-electron chi connectivity index (χ0n) is 18.6. The Morgan fingerprint density at radius 3 is 2.53 bits per heavy atom. The third-order valence-corrected chi connectivity index (χ3v) is 7.77. The number of rotatable bonds is 5. The fourth-order valence-corrected chi connectivity index (χ4v) is 5.77. The van der Waals surface area contributed by atoms with Crippen LogP contribution < -0.4 is 10.5 Å². The van der Waals surface area contributed by atoms with Crippen molar-refractivity contribution in [2.45, 2.75) is 12.1 Å². The Morgan fingerprint density at radius 2 is 1.79 bits per heavy atom. The highest BCUT2D eigenvalue weighted by molar-refractivity contribution is 7.99. The van der Waals surface area contributed by atoms with E-state index < -0.39 is 0 Å². The molecule has 0 unspecified atom stereocenters. The van der Waals surface area contributed by atoms with Crippen molar-refractivity contribution in [1.29, 1.82) is 0 Å². The van der Waals surface area contributed by atoms with E-state index in [4.69, 9.17) is 4.98 Å². The van der Waals surface area contributed by atoms with Crippen LogP contribution in [-0.4, -0.2) is 52.3 Å². The van der Waals surface area contributed by atoms with Crippen LogP contribution >= 0.6 is 23.1 Å². The number of nitrogens with zero attached hydrogens (tertiary/aromatic N) is 4. The summed E-state index contributed by atoms with van der Waals surface area (Å²) in [6.45, 7) is 4.53. The van der Waals surface area contributed by atoms with Crippen LogP contribution in [0.15, 0.2) is 69.9 Å². The second-order valence-electron chi connectivity index (χ2n) is 8.09. The molecular weight excluding hydrogens is 471 g/mol. The molecule has 0 radical (unpaired) electrons. The summed E-state index contributed by atoms with van der Waals surface area (Å²) in [5, 5.41) is 2.38.